The first-order valence-corrected chi connectivity index (χ1v) is 5.33. The number of hydrazine groups is 2. The number of nitrogens with zero attached hydrogens (tertiary/aromatic N) is 2. The van der Waals surface area contributed by atoms with Crippen LogP contribution in [0.1, 0.15) is 5.56 Å². The summed E-state index contributed by atoms with van der Waals surface area (Å²) >= 11 is 0. The summed E-state index contributed by atoms with van der Waals surface area (Å²) in [6.07, 6.45) is -5.06. The highest BCUT2D eigenvalue weighted by molar-refractivity contribution is 5.91. The maximum atomic E-state index is 13.7. The molecule has 1 aromatic rings. The number of aliphatic hydroxyl groups excluding tert-OH is 1. The molecule has 0 fully saturated rings. The Hall–Kier alpha value is -2.11. The number of ether oxygens (including phenoxy) is 1. The Morgan fingerprint density at radius 3 is 2.38 bits per heavy atom. The molecule has 0 atom stereocenters. The van der Waals surface area contributed by atoms with Crippen molar-refractivity contribution in [1.82, 2.24) is 5.01 Å². The third kappa shape index (κ3) is 3.93. The van der Waals surface area contributed by atoms with Crippen molar-refractivity contribution >= 4 is 11.7 Å². The summed E-state index contributed by atoms with van der Waals surface area (Å²) < 4.78 is 54.1. The zero-order valence-corrected chi connectivity index (χ0v) is 10.7. The second-order valence-corrected chi connectivity index (χ2v) is 3.84. The van der Waals surface area contributed by atoms with Crippen LogP contribution in [-0.4, -0.2) is 29.6 Å². The number of hydrogen-bond acceptors (Lipinski definition) is 5. The lowest BCUT2D eigenvalue weighted by atomic mass is 10.1. The number of carbonyl (C=O) groups excluding carboxylic acids is 1. The van der Waals surface area contributed by atoms with Crippen molar-refractivity contribution in [3.8, 4) is 5.75 Å². The number of carbonyl (C=O) groups is 1. The second-order valence-electron chi connectivity index (χ2n) is 3.84. The summed E-state index contributed by atoms with van der Waals surface area (Å²) in [6.45, 7) is -1.05. The molecule has 0 radical (unpaired) electrons. The summed E-state index contributed by atoms with van der Waals surface area (Å²) in [6, 6.07) is 0.148. The van der Waals surface area contributed by atoms with Gasteiger partial charge in [0.1, 0.15) is 17.3 Å². The number of rotatable bonds is 3. The second kappa shape index (κ2) is 6.11. The number of halogens is 4. The van der Waals surface area contributed by atoms with Gasteiger partial charge in [0.2, 0.25) is 0 Å². The Morgan fingerprint density at radius 2 is 1.95 bits per heavy atom. The molecule has 0 saturated heterocycles. The molecule has 7 nitrogen and oxygen atoms in total. The molecule has 11 heteroatoms. The van der Waals surface area contributed by atoms with E-state index in [1.54, 1.807) is 0 Å². The van der Waals surface area contributed by atoms with Crippen molar-refractivity contribution in [2.75, 3.05) is 12.1 Å². The van der Waals surface area contributed by atoms with Gasteiger partial charge in [0.05, 0.1) is 6.61 Å². The van der Waals surface area contributed by atoms with E-state index in [1.807, 2.05) is 0 Å². The standard InChI is InChI=1S/C10H12F4N4O3/c1-17(15)9(20)18(16)8-5(4-19)7(3-2-6(8)11)21-10(12,13)14/h2-3,19H,4,15-16H2,1H3. The van der Waals surface area contributed by atoms with Gasteiger partial charge in [0, 0.05) is 12.6 Å². The van der Waals surface area contributed by atoms with E-state index in [4.69, 9.17) is 16.8 Å². The van der Waals surface area contributed by atoms with Crippen LogP contribution in [0.25, 0.3) is 0 Å². The van der Waals surface area contributed by atoms with Crippen LogP contribution in [0.15, 0.2) is 12.1 Å². The Balaban J connectivity index is 3.37. The number of hydrogen-bond donors (Lipinski definition) is 3. The number of benzene rings is 1. The van der Waals surface area contributed by atoms with E-state index < -0.39 is 41.8 Å². The van der Waals surface area contributed by atoms with Crippen molar-refractivity contribution in [1.29, 1.82) is 0 Å². The highest BCUT2D eigenvalue weighted by Gasteiger charge is 2.34. The molecule has 21 heavy (non-hydrogen) atoms. The first-order valence-electron chi connectivity index (χ1n) is 5.33. The number of nitrogens with two attached hydrogens (primary N) is 2. The smallest absolute Gasteiger partial charge is 0.405 e. The van der Waals surface area contributed by atoms with Gasteiger partial charge in [-0.15, -0.1) is 13.2 Å². The van der Waals surface area contributed by atoms with Crippen LogP contribution in [-0.2, 0) is 6.61 Å². The summed E-state index contributed by atoms with van der Waals surface area (Å²) in [5, 5.41) is 9.79. The van der Waals surface area contributed by atoms with Gasteiger partial charge in [0.15, 0.2) is 0 Å². The van der Waals surface area contributed by atoms with Gasteiger partial charge in [-0.1, -0.05) is 0 Å². The molecule has 0 unspecified atom stereocenters. The van der Waals surface area contributed by atoms with Crippen LogP contribution < -0.4 is 21.4 Å². The monoisotopic (exact) mass is 312 g/mol. The van der Waals surface area contributed by atoms with E-state index in [9.17, 15) is 22.4 Å². The van der Waals surface area contributed by atoms with Crippen molar-refractivity contribution in [2.24, 2.45) is 11.7 Å². The molecular formula is C10H12F4N4O3. The molecule has 0 aliphatic carbocycles. The van der Waals surface area contributed by atoms with Crippen LogP contribution in [0.4, 0.5) is 28.0 Å². The summed E-state index contributed by atoms with van der Waals surface area (Å²) in [5.74, 6) is 8.43. The molecule has 0 aromatic heterocycles. The lowest BCUT2D eigenvalue weighted by molar-refractivity contribution is -0.275. The molecule has 0 bridgehead atoms. The minimum absolute atomic E-state index is 0.171. The van der Waals surface area contributed by atoms with E-state index in [1.165, 1.54) is 0 Å². The van der Waals surface area contributed by atoms with Crippen LogP contribution in [0, 0.1) is 5.82 Å². The van der Waals surface area contributed by atoms with Gasteiger partial charge in [-0.25, -0.2) is 25.9 Å². The number of urea groups is 1. The average Bonchev–Trinajstić information content (AvgIpc) is 2.36. The van der Waals surface area contributed by atoms with E-state index in [2.05, 4.69) is 4.74 Å². The Bertz CT molecular complexity index is 536. The maximum Gasteiger partial charge on any atom is 0.573 e. The van der Waals surface area contributed by atoms with Crippen LogP contribution in [0.3, 0.4) is 0 Å². The molecule has 0 heterocycles. The number of anilines is 1. The topological polar surface area (TPSA) is 105 Å². The SMILES string of the molecule is CN(N)C(=O)N(N)c1c(F)ccc(OC(F)(F)F)c1CO. The summed E-state index contributed by atoms with van der Waals surface area (Å²) in [4.78, 5) is 11.6. The normalized spacial score (nSPS) is 11.2. The Morgan fingerprint density at radius 1 is 1.38 bits per heavy atom. The van der Waals surface area contributed by atoms with Crippen molar-refractivity contribution in [3.05, 3.63) is 23.5 Å². The fourth-order valence-corrected chi connectivity index (χ4v) is 1.49. The number of aliphatic hydroxyl groups is 1. The van der Waals surface area contributed by atoms with E-state index in [0.717, 1.165) is 7.05 Å². The quantitative estimate of drug-likeness (QED) is 0.332. The van der Waals surface area contributed by atoms with Gasteiger partial charge in [-0.05, 0) is 12.1 Å². The third-order valence-electron chi connectivity index (χ3n) is 2.32. The van der Waals surface area contributed by atoms with Crippen LogP contribution in [0.2, 0.25) is 0 Å². The molecule has 0 spiro atoms. The predicted molar refractivity (Wildman–Crippen MR) is 63.0 cm³/mol. The van der Waals surface area contributed by atoms with Gasteiger partial charge >= 0.3 is 12.4 Å². The molecule has 0 aliphatic heterocycles. The Labute approximate surface area is 116 Å². The van der Waals surface area contributed by atoms with Crippen molar-refractivity contribution < 1.29 is 32.2 Å². The largest absolute Gasteiger partial charge is 0.573 e. The highest BCUT2D eigenvalue weighted by Crippen LogP contribution is 2.34. The number of alkyl halides is 3. The minimum Gasteiger partial charge on any atom is -0.405 e. The van der Waals surface area contributed by atoms with Crippen molar-refractivity contribution in [2.45, 2.75) is 13.0 Å². The third-order valence-corrected chi connectivity index (χ3v) is 2.32. The molecule has 2 amide bonds. The lowest BCUT2D eigenvalue weighted by Crippen LogP contribution is -2.49. The van der Waals surface area contributed by atoms with Crippen LogP contribution in [0.5, 0.6) is 5.75 Å². The molecule has 118 valence electrons. The number of amides is 2. The van der Waals surface area contributed by atoms with E-state index >= 15 is 0 Å². The maximum absolute atomic E-state index is 13.7. The first kappa shape index (κ1) is 16.9. The summed E-state index contributed by atoms with van der Waals surface area (Å²) in [7, 11) is 1.09. The van der Waals surface area contributed by atoms with Gasteiger partial charge in [-0.2, -0.15) is 0 Å². The zero-order valence-electron chi connectivity index (χ0n) is 10.7. The van der Waals surface area contributed by atoms with E-state index in [0.29, 0.717) is 17.1 Å². The fourth-order valence-electron chi connectivity index (χ4n) is 1.49. The molecule has 0 aliphatic rings. The predicted octanol–water partition coefficient (Wildman–Crippen LogP) is 0.822. The molecule has 5 N–H and O–H groups in total. The Kier molecular flexibility index (Phi) is 4.93. The summed E-state index contributed by atoms with van der Waals surface area (Å²) in [5.41, 5.74) is -1.42. The van der Waals surface area contributed by atoms with E-state index in [-0.39, 0.29) is 5.01 Å². The van der Waals surface area contributed by atoms with Gasteiger partial charge in [-0.3, -0.25) is 5.01 Å². The van der Waals surface area contributed by atoms with Crippen LogP contribution >= 0.6 is 0 Å². The zero-order chi connectivity index (χ0) is 16.4. The molecule has 0 saturated carbocycles. The molecular weight excluding hydrogens is 300 g/mol. The fraction of sp³-hybridized carbons (Fsp3) is 0.300. The lowest BCUT2D eigenvalue weighted by Gasteiger charge is -2.24. The minimum atomic E-state index is -5.06. The van der Waals surface area contributed by atoms with Gasteiger partial charge < -0.3 is 9.84 Å². The molecule has 1 aromatic carbocycles. The van der Waals surface area contributed by atoms with Gasteiger partial charge in [0.25, 0.3) is 0 Å². The first-order chi connectivity index (χ1) is 9.58. The highest BCUT2D eigenvalue weighted by atomic mass is 19.4. The van der Waals surface area contributed by atoms with Crippen molar-refractivity contribution in [3.63, 3.8) is 0 Å². The molecule has 1 rings (SSSR count). The average molecular weight is 312 g/mol.